The van der Waals surface area contributed by atoms with Crippen molar-refractivity contribution in [3.8, 4) is 0 Å². The summed E-state index contributed by atoms with van der Waals surface area (Å²) in [4.78, 5) is 13.3. The molecule has 0 aliphatic carbocycles. The third-order valence-electron chi connectivity index (χ3n) is 2.96. The molecule has 1 aromatic heterocycles. The second-order valence-corrected chi connectivity index (χ2v) is 5.19. The minimum absolute atomic E-state index is 0.161. The first-order valence-electron chi connectivity index (χ1n) is 5.81. The highest BCUT2D eigenvalue weighted by Gasteiger charge is 2.15. The molecule has 0 amide bonds. The SMILES string of the molecule is CCc1ccsc1C(=O)c1ccc(C)cc1C. The van der Waals surface area contributed by atoms with E-state index in [9.17, 15) is 4.79 Å². The van der Waals surface area contributed by atoms with Crippen molar-refractivity contribution >= 4 is 17.1 Å². The van der Waals surface area contributed by atoms with Crippen LogP contribution in [0.2, 0.25) is 0 Å². The number of rotatable bonds is 3. The molecule has 1 nitrogen and oxygen atoms in total. The highest BCUT2D eigenvalue weighted by atomic mass is 32.1. The Bertz CT molecular complexity index is 552. The molecule has 0 unspecified atom stereocenters. The maximum atomic E-state index is 12.4. The number of carbonyl (C=O) groups excluding carboxylic acids is 1. The van der Waals surface area contributed by atoms with Gasteiger partial charge in [-0.3, -0.25) is 4.79 Å². The zero-order chi connectivity index (χ0) is 12.4. The molecule has 2 heteroatoms. The fourth-order valence-electron chi connectivity index (χ4n) is 2.00. The Hall–Kier alpha value is -1.41. The molecule has 2 rings (SSSR count). The van der Waals surface area contributed by atoms with Crippen LogP contribution < -0.4 is 0 Å². The summed E-state index contributed by atoms with van der Waals surface area (Å²) >= 11 is 1.54. The van der Waals surface area contributed by atoms with Crippen molar-refractivity contribution in [2.45, 2.75) is 27.2 Å². The van der Waals surface area contributed by atoms with Crippen LogP contribution in [0.4, 0.5) is 0 Å². The van der Waals surface area contributed by atoms with Crippen molar-refractivity contribution in [1.29, 1.82) is 0 Å². The van der Waals surface area contributed by atoms with Crippen LogP contribution in [0.5, 0.6) is 0 Å². The van der Waals surface area contributed by atoms with E-state index < -0.39 is 0 Å². The molecule has 0 N–H and O–H groups in total. The van der Waals surface area contributed by atoms with Crippen LogP contribution in [0.3, 0.4) is 0 Å². The van der Waals surface area contributed by atoms with Crippen molar-refractivity contribution in [2.75, 3.05) is 0 Å². The Kier molecular flexibility index (Phi) is 3.43. The van der Waals surface area contributed by atoms with Gasteiger partial charge in [-0.1, -0.05) is 30.7 Å². The average Bonchev–Trinajstić information content (AvgIpc) is 2.76. The van der Waals surface area contributed by atoms with Crippen molar-refractivity contribution in [1.82, 2.24) is 0 Å². The van der Waals surface area contributed by atoms with Crippen LogP contribution in [-0.2, 0) is 6.42 Å². The van der Waals surface area contributed by atoms with E-state index in [-0.39, 0.29) is 5.78 Å². The molecule has 0 saturated heterocycles. The summed E-state index contributed by atoms with van der Waals surface area (Å²) in [6.07, 6.45) is 0.912. The van der Waals surface area contributed by atoms with Gasteiger partial charge in [-0.05, 0) is 42.8 Å². The number of hydrogen-bond donors (Lipinski definition) is 0. The molecule has 0 bridgehead atoms. The number of carbonyl (C=O) groups is 1. The average molecular weight is 244 g/mol. The maximum absolute atomic E-state index is 12.4. The molecule has 88 valence electrons. The summed E-state index contributed by atoms with van der Waals surface area (Å²) in [5, 5.41) is 2.00. The standard InChI is InChI=1S/C15H16OS/c1-4-12-7-8-17-15(12)14(16)13-6-5-10(2)9-11(13)3/h5-9H,4H2,1-3H3. The number of hydrogen-bond acceptors (Lipinski definition) is 2. The molecular weight excluding hydrogens is 228 g/mol. The van der Waals surface area contributed by atoms with E-state index in [1.807, 2.05) is 37.4 Å². The number of ketones is 1. The van der Waals surface area contributed by atoms with Gasteiger partial charge in [0.2, 0.25) is 5.78 Å². The second kappa shape index (κ2) is 4.84. The van der Waals surface area contributed by atoms with Gasteiger partial charge in [0.25, 0.3) is 0 Å². The van der Waals surface area contributed by atoms with Gasteiger partial charge in [-0.25, -0.2) is 0 Å². The summed E-state index contributed by atoms with van der Waals surface area (Å²) in [7, 11) is 0. The summed E-state index contributed by atoms with van der Waals surface area (Å²) in [6.45, 7) is 6.13. The Morgan fingerprint density at radius 2 is 2.00 bits per heavy atom. The van der Waals surface area contributed by atoms with Crippen molar-refractivity contribution in [3.63, 3.8) is 0 Å². The van der Waals surface area contributed by atoms with E-state index in [2.05, 4.69) is 13.0 Å². The predicted molar refractivity (Wildman–Crippen MR) is 73.0 cm³/mol. The Morgan fingerprint density at radius 3 is 2.65 bits per heavy atom. The molecule has 2 aromatic rings. The smallest absolute Gasteiger partial charge is 0.203 e. The summed E-state index contributed by atoms with van der Waals surface area (Å²) in [5.41, 5.74) is 4.24. The van der Waals surface area contributed by atoms with Gasteiger partial charge in [-0.2, -0.15) is 0 Å². The van der Waals surface area contributed by atoms with E-state index in [0.29, 0.717) is 0 Å². The molecule has 0 fully saturated rings. The number of thiophene rings is 1. The first-order valence-corrected chi connectivity index (χ1v) is 6.69. The van der Waals surface area contributed by atoms with Gasteiger partial charge in [0.05, 0.1) is 4.88 Å². The molecule has 1 heterocycles. The lowest BCUT2D eigenvalue weighted by Crippen LogP contribution is -2.04. The van der Waals surface area contributed by atoms with Crippen LogP contribution in [0.1, 0.15) is 38.8 Å². The van der Waals surface area contributed by atoms with Gasteiger partial charge in [0.1, 0.15) is 0 Å². The summed E-state index contributed by atoms with van der Waals surface area (Å²) in [6, 6.07) is 8.04. The van der Waals surface area contributed by atoms with Gasteiger partial charge < -0.3 is 0 Å². The fourth-order valence-corrected chi connectivity index (χ4v) is 2.95. The van der Waals surface area contributed by atoms with Crippen molar-refractivity contribution in [3.05, 3.63) is 56.8 Å². The zero-order valence-electron chi connectivity index (χ0n) is 10.4. The number of benzene rings is 1. The Morgan fingerprint density at radius 1 is 1.24 bits per heavy atom. The van der Waals surface area contributed by atoms with Gasteiger partial charge in [0, 0.05) is 5.56 Å². The monoisotopic (exact) mass is 244 g/mol. The van der Waals surface area contributed by atoms with Crippen LogP contribution in [0, 0.1) is 13.8 Å². The Labute approximate surface area is 106 Å². The molecule has 0 saturated carbocycles. The molecule has 0 atom stereocenters. The normalized spacial score (nSPS) is 10.5. The zero-order valence-corrected chi connectivity index (χ0v) is 11.2. The van der Waals surface area contributed by atoms with Gasteiger partial charge in [0.15, 0.2) is 0 Å². The largest absolute Gasteiger partial charge is 0.288 e. The van der Waals surface area contributed by atoms with Gasteiger partial charge in [-0.15, -0.1) is 11.3 Å². The minimum atomic E-state index is 0.161. The van der Waals surface area contributed by atoms with Crippen molar-refractivity contribution in [2.24, 2.45) is 0 Å². The van der Waals surface area contributed by atoms with Gasteiger partial charge >= 0.3 is 0 Å². The second-order valence-electron chi connectivity index (χ2n) is 4.28. The van der Waals surface area contributed by atoms with E-state index in [4.69, 9.17) is 0 Å². The first-order chi connectivity index (χ1) is 8.13. The van der Waals surface area contributed by atoms with Crippen molar-refractivity contribution < 1.29 is 4.79 Å². The van der Waals surface area contributed by atoms with E-state index in [1.54, 1.807) is 11.3 Å². The molecule has 0 radical (unpaired) electrons. The van der Waals surface area contributed by atoms with Crippen LogP contribution in [0.25, 0.3) is 0 Å². The highest BCUT2D eigenvalue weighted by Crippen LogP contribution is 2.23. The third kappa shape index (κ3) is 2.32. The minimum Gasteiger partial charge on any atom is -0.288 e. The van der Waals surface area contributed by atoms with Crippen LogP contribution in [-0.4, -0.2) is 5.78 Å². The van der Waals surface area contributed by atoms with E-state index in [1.165, 1.54) is 5.56 Å². The summed E-state index contributed by atoms with van der Waals surface area (Å²) in [5.74, 6) is 0.161. The Balaban J connectivity index is 2.44. The molecule has 0 aliphatic rings. The highest BCUT2D eigenvalue weighted by molar-refractivity contribution is 7.12. The summed E-state index contributed by atoms with van der Waals surface area (Å²) < 4.78 is 0. The molecule has 1 aromatic carbocycles. The van der Waals surface area contributed by atoms with E-state index >= 15 is 0 Å². The first kappa shape index (κ1) is 12.1. The third-order valence-corrected chi connectivity index (χ3v) is 3.92. The predicted octanol–water partition coefficient (Wildman–Crippen LogP) is 4.16. The molecular formula is C15H16OS. The lowest BCUT2D eigenvalue weighted by molar-refractivity contribution is 0.104. The van der Waals surface area contributed by atoms with Crippen LogP contribution >= 0.6 is 11.3 Å². The maximum Gasteiger partial charge on any atom is 0.203 e. The van der Waals surface area contributed by atoms with E-state index in [0.717, 1.165) is 28.0 Å². The quantitative estimate of drug-likeness (QED) is 0.741. The molecule has 0 spiro atoms. The molecule has 17 heavy (non-hydrogen) atoms. The number of aryl methyl sites for hydroxylation is 3. The topological polar surface area (TPSA) is 17.1 Å². The van der Waals surface area contributed by atoms with Crippen LogP contribution in [0.15, 0.2) is 29.6 Å². The molecule has 0 aliphatic heterocycles. The lowest BCUT2D eigenvalue weighted by atomic mass is 9.99. The lowest BCUT2D eigenvalue weighted by Gasteiger charge is -2.06. The fraction of sp³-hybridized carbons (Fsp3) is 0.267.